The number of nitrogens with one attached hydrogen (secondary N) is 1. The van der Waals surface area contributed by atoms with Gasteiger partial charge in [0.25, 0.3) is 0 Å². The van der Waals surface area contributed by atoms with Crippen LogP contribution >= 0.6 is 0 Å². The molecule has 0 amide bonds. The smallest absolute Gasteiger partial charge is 0.416 e. The monoisotopic (exact) mass is 417 g/mol. The van der Waals surface area contributed by atoms with E-state index in [9.17, 15) is 18.0 Å². The Morgan fingerprint density at radius 1 is 1.27 bits per heavy atom. The molecule has 0 spiro atoms. The Morgan fingerprint density at radius 3 is 2.70 bits per heavy atom. The van der Waals surface area contributed by atoms with Gasteiger partial charge in [-0.2, -0.15) is 18.3 Å². The number of ether oxygens (including phenoxy) is 1. The third-order valence-corrected chi connectivity index (χ3v) is 4.20. The predicted molar refractivity (Wildman–Crippen MR) is 106 cm³/mol. The first-order valence-electron chi connectivity index (χ1n) is 8.99. The molecule has 2 aromatic rings. The quantitative estimate of drug-likeness (QED) is 0.469. The summed E-state index contributed by atoms with van der Waals surface area (Å²) >= 11 is 0. The molecule has 0 fully saturated rings. The molecular weight excluding hydrogens is 399 g/mol. The Balaban J connectivity index is 2.06. The van der Waals surface area contributed by atoms with Gasteiger partial charge in [-0.25, -0.2) is 9.79 Å². The van der Waals surface area contributed by atoms with Gasteiger partial charge in [0.15, 0.2) is 0 Å². The number of hydrogen-bond acceptors (Lipinski definition) is 7. The van der Waals surface area contributed by atoms with Crippen molar-refractivity contribution in [3.8, 4) is 0 Å². The Labute approximate surface area is 170 Å². The van der Waals surface area contributed by atoms with Gasteiger partial charge in [-0.1, -0.05) is 13.0 Å². The third-order valence-electron chi connectivity index (χ3n) is 4.20. The van der Waals surface area contributed by atoms with Crippen LogP contribution in [0.2, 0.25) is 0 Å². The van der Waals surface area contributed by atoms with Crippen molar-refractivity contribution in [2.45, 2.75) is 19.5 Å². The number of alkyl halides is 3. The predicted octanol–water partition coefficient (Wildman–Crippen LogP) is 3.51. The molecule has 0 aliphatic carbocycles. The first-order valence-corrected chi connectivity index (χ1v) is 8.99. The molecule has 3 rings (SSSR count). The van der Waals surface area contributed by atoms with Gasteiger partial charge in [-0.15, -0.1) is 0 Å². The standard InChI is InChI=1S/C20H18F3N5O2/c1-3-14(19(29)30-2)27-28-17-11-25-18(16-6-4-5-9-24-16)13-10-12(20(21,22)23)7-8-15(13)26-17/h4-10H,3,11H2,1-2H3,(H,26,28)/b27-14-. The minimum atomic E-state index is -4.51. The summed E-state index contributed by atoms with van der Waals surface area (Å²) in [7, 11) is 1.24. The number of rotatable bonds is 4. The molecule has 2 heterocycles. The maximum atomic E-state index is 13.3. The Hall–Kier alpha value is -3.56. The number of fused-ring (bicyclic) bond motifs is 1. The van der Waals surface area contributed by atoms with Gasteiger partial charge in [0.2, 0.25) is 0 Å². The number of esters is 1. The summed E-state index contributed by atoms with van der Waals surface area (Å²) < 4.78 is 44.4. The van der Waals surface area contributed by atoms with E-state index < -0.39 is 17.7 Å². The number of methoxy groups -OCH3 is 1. The Morgan fingerprint density at radius 2 is 2.07 bits per heavy atom. The third kappa shape index (κ3) is 4.70. The number of carbonyl (C=O) groups excluding carboxylic acids is 1. The van der Waals surface area contributed by atoms with Crippen molar-refractivity contribution in [3.05, 3.63) is 59.4 Å². The normalized spacial score (nSPS) is 14.2. The van der Waals surface area contributed by atoms with Gasteiger partial charge >= 0.3 is 12.1 Å². The molecule has 1 aromatic carbocycles. The van der Waals surface area contributed by atoms with Crippen molar-refractivity contribution in [1.82, 2.24) is 10.4 Å². The van der Waals surface area contributed by atoms with Gasteiger partial charge in [0, 0.05) is 11.8 Å². The molecule has 0 radical (unpaired) electrons. The molecule has 1 aliphatic rings. The van der Waals surface area contributed by atoms with E-state index in [-0.39, 0.29) is 35.1 Å². The van der Waals surface area contributed by atoms with Crippen molar-refractivity contribution >= 4 is 28.9 Å². The van der Waals surface area contributed by atoms with Gasteiger partial charge in [0.05, 0.1) is 36.3 Å². The first-order chi connectivity index (χ1) is 14.3. The lowest BCUT2D eigenvalue weighted by Crippen LogP contribution is -2.25. The maximum Gasteiger partial charge on any atom is 0.416 e. The zero-order valence-corrected chi connectivity index (χ0v) is 16.2. The summed E-state index contributed by atoms with van der Waals surface area (Å²) in [6.45, 7) is 1.74. The molecule has 0 bridgehead atoms. The van der Waals surface area contributed by atoms with Crippen LogP contribution in [0, 0.1) is 0 Å². The zero-order valence-electron chi connectivity index (χ0n) is 16.2. The van der Waals surface area contributed by atoms with Crippen molar-refractivity contribution in [1.29, 1.82) is 0 Å². The van der Waals surface area contributed by atoms with Gasteiger partial charge < -0.3 is 4.74 Å². The molecular formula is C20H18F3N5O2. The lowest BCUT2D eigenvalue weighted by molar-refractivity contribution is -0.137. The number of hydrazone groups is 1. The molecule has 30 heavy (non-hydrogen) atoms. The zero-order chi connectivity index (χ0) is 21.7. The number of aliphatic imine (C=N–C) groups is 2. The van der Waals surface area contributed by atoms with Crippen LogP contribution in [0.5, 0.6) is 0 Å². The van der Waals surface area contributed by atoms with E-state index in [1.54, 1.807) is 25.1 Å². The van der Waals surface area contributed by atoms with Crippen LogP contribution in [-0.4, -0.2) is 41.9 Å². The molecule has 1 aromatic heterocycles. The number of hydrogen-bond donors (Lipinski definition) is 1. The van der Waals surface area contributed by atoms with Crippen LogP contribution in [0.1, 0.15) is 30.2 Å². The van der Waals surface area contributed by atoms with Crippen molar-refractivity contribution in [3.63, 3.8) is 0 Å². The van der Waals surface area contributed by atoms with Crippen LogP contribution < -0.4 is 5.43 Å². The number of nitrogens with zero attached hydrogens (tertiary/aromatic N) is 4. The Kier molecular flexibility index (Phi) is 6.24. The summed E-state index contributed by atoms with van der Waals surface area (Å²) in [6, 6.07) is 8.31. The molecule has 1 N–H and O–H groups in total. The summed E-state index contributed by atoms with van der Waals surface area (Å²) in [5, 5.41) is 4.00. The van der Waals surface area contributed by atoms with Crippen molar-refractivity contribution in [2.24, 2.45) is 15.1 Å². The van der Waals surface area contributed by atoms with E-state index in [0.717, 1.165) is 12.1 Å². The summed E-state index contributed by atoms with van der Waals surface area (Å²) in [6.07, 6.45) is -2.66. The highest BCUT2D eigenvalue weighted by Crippen LogP contribution is 2.34. The van der Waals surface area contributed by atoms with E-state index in [1.165, 1.54) is 19.4 Å². The second-order valence-electron chi connectivity index (χ2n) is 6.18. The highest BCUT2D eigenvalue weighted by atomic mass is 19.4. The molecule has 1 aliphatic heterocycles. The number of pyridine rings is 1. The Bertz CT molecular complexity index is 1030. The fraction of sp³-hybridized carbons (Fsp3) is 0.250. The molecule has 0 saturated heterocycles. The molecule has 10 heteroatoms. The van der Waals surface area contributed by atoms with Gasteiger partial charge in [0.1, 0.15) is 11.5 Å². The second-order valence-corrected chi connectivity index (χ2v) is 6.18. The minimum Gasteiger partial charge on any atom is -0.464 e. The molecule has 0 saturated carbocycles. The molecule has 7 nitrogen and oxygen atoms in total. The lowest BCUT2D eigenvalue weighted by Gasteiger charge is -2.12. The molecule has 156 valence electrons. The maximum absolute atomic E-state index is 13.3. The number of carbonyl (C=O) groups is 1. The van der Waals surface area contributed by atoms with Gasteiger partial charge in [-0.05, 0) is 36.8 Å². The van der Waals surface area contributed by atoms with Crippen LogP contribution in [0.4, 0.5) is 18.9 Å². The van der Waals surface area contributed by atoms with Crippen LogP contribution in [0.3, 0.4) is 0 Å². The van der Waals surface area contributed by atoms with Gasteiger partial charge in [-0.3, -0.25) is 15.4 Å². The summed E-state index contributed by atoms with van der Waals surface area (Å²) in [5.74, 6) is -0.330. The van der Waals surface area contributed by atoms with E-state index in [1.807, 2.05) is 0 Å². The van der Waals surface area contributed by atoms with Crippen LogP contribution in [-0.2, 0) is 15.7 Å². The number of amidine groups is 1. The minimum absolute atomic E-state index is 0.00358. The molecule has 0 unspecified atom stereocenters. The lowest BCUT2D eigenvalue weighted by atomic mass is 10.0. The number of aromatic nitrogens is 1. The summed E-state index contributed by atoms with van der Waals surface area (Å²) in [4.78, 5) is 24.7. The topological polar surface area (TPSA) is 88.3 Å². The summed E-state index contributed by atoms with van der Waals surface area (Å²) in [5.41, 5.74) is 3.18. The second kappa shape index (κ2) is 8.85. The van der Waals surface area contributed by atoms with E-state index in [4.69, 9.17) is 0 Å². The van der Waals surface area contributed by atoms with Crippen molar-refractivity contribution in [2.75, 3.05) is 13.7 Å². The number of halogens is 3. The fourth-order valence-corrected chi connectivity index (χ4v) is 2.72. The number of benzene rings is 1. The van der Waals surface area contributed by atoms with E-state index >= 15 is 0 Å². The van der Waals surface area contributed by atoms with E-state index in [2.05, 4.69) is 30.2 Å². The average Bonchev–Trinajstić information content (AvgIpc) is 2.92. The highest BCUT2D eigenvalue weighted by Gasteiger charge is 2.32. The van der Waals surface area contributed by atoms with Crippen molar-refractivity contribution < 1.29 is 22.7 Å². The SMILES string of the molecule is CC/C(=N/NC1=Nc2ccc(C(F)(F)F)cc2C(c2ccccn2)=NC1)C(=O)OC. The van der Waals surface area contributed by atoms with Crippen LogP contribution in [0.15, 0.2) is 57.7 Å². The van der Waals surface area contributed by atoms with Crippen LogP contribution in [0.25, 0.3) is 0 Å². The fourth-order valence-electron chi connectivity index (χ4n) is 2.72. The first kappa shape index (κ1) is 21.2. The largest absolute Gasteiger partial charge is 0.464 e. The highest BCUT2D eigenvalue weighted by molar-refractivity contribution is 6.36. The molecule has 0 atom stereocenters. The van der Waals surface area contributed by atoms with E-state index in [0.29, 0.717) is 12.1 Å². The average molecular weight is 417 g/mol.